The molecule has 1 aliphatic carbocycles. The van der Waals surface area contributed by atoms with Gasteiger partial charge in [-0.15, -0.1) is 4.40 Å². The van der Waals surface area contributed by atoms with Gasteiger partial charge in [-0.1, -0.05) is 53.2 Å². The minimum atomic E-state index is -3.75. The molecule has 43 heavy (non-hydrogen) atoms. The van der Waals surface area contributed by atoms with Crippen molar-refractivity contribution >= 4 is 33.2 Å². The van der Waals surface area contributed by atoms with E-state index in [0.29, 0.717) is 47.2 Å². The summed E-state index contributed by atoms with van der Waals surface area (Å²) in [7, 11) is -3.75. The van der Waals surface area contributed by atoms with E-state index in [0.717, 1.165) is 18.4 Å². The third kappa shape index (κ3) is 5.31. The molecule has 2 aliphatic rings. The Bertz CT molecular complexity index is 1920. The maximum atomic E-state index is 13.7. The second-order valence-electron chi connectivity index (χ2n) is 10.7. The molecule has 5 aromatic rings. The largest absolute Gasteiger partial charge is 0.506 e. The van der Waals surface area contributed by atoms with Crippen molar-refractivity contribution in [3.63, 3.8) is 0 Å². The van der Waals surface area contributed by atoms with E-state index in [9.17, 15) is 19.0 Å². The molecule has 0 bridgehead atoms. The molecule has 0 saturated heterocycles. The Kier molecular flexibility index (Phi) is 6.80. The summed E-state index contributed by atoms with van der Waals surface area (Å²) in [6, 6.07) is 21.8. The highest BCUT2D eigenvalue weighted by Crippen LogP contribution is 2.56. The van der Waals surface area contributed by atoms with Crippen molar-refractivity contribution in [2.45, 2.75) is 30.9 Å². The van der Waals surface area contributed by atoms with Crippen LogP contribution in [0.2, 0.25) is 0 Å². The van der Waals surface area contributed by atoms with Gasteiger partial charge in [0.25, 0.3) is 5.56 Å². The van der Waals surface area contributed by atoms with Crippen LogP contribution in [0.25, 0.3) is 10.9 Å². The Balaban J connectivity index is 1.16. The number of amidine groups is 1. The second kappa shape index (κ2) is 10.8. The van der Waals surface area contributed by atoms with E-state index in [1.807, 2.05) is 41.1 Å². The minimum absolute atomic E-state index is 0.119. The summed E-state index contributed by atoms with van der Waals surface area (Å²) >= 11 is 0. The van der Waals surface area contributed by atoms with E-state index < -0.39 is 16.3 Å². The number of fused-ring (bicyclic) bond motifs is 2. The van der Waals surface area contributed by atoms with Crippen molar-refractivity contribution in [3.8, 4) is 11.5 Å². The Morgan fingerprint density at radius 1 is 1.05 bits per heavy atom. The van der Waals surface area contributed by atoms with Gasteiger partial charge in [0.05, 0.1) is 11.2 Å². The monoisotopic (exact) mass is 598 g/mol. The molecular weight excluding hydrogens is 568 g/mol. The van der Waals surface area contributed by atoms with Gasteiger partial charge in [-0.3, -0.25) is 13.9 Å². The number of nitrogens with one attached hydrogen (secondary N) is 2. The standard InChI is InChI=1S/C31H30N6O5S/c38-29-23-8-4-5-9-25(23)37(33-17-20-10-11-20)31(39)28(29)30-34-24-13-12-22(16-26(24)43(40,41)35-30)42-19-27-32-14-15-36(27)18-21-6-2-1-3-7-21/h1-9,12-16,20,33,38,40-41H,10-11,17-19H2,(H,34,35). The molecule has 220 valence electrons. The van der Waals surface area contributed by atoms with Gasteiger partial charge in [-0.2, -0.15) is 0 Å². The molecule has 3 aromatic carbocycles. The molecule has 7 rings (SSSR count). The molecular formula is C31H30N6O5S. The lowest BCUT2D eigenvalue weighted by molar-refractivity contribution is 0.289. The fourth-order valence-corrected chi connectivity index (χ4v) is 6.33. The predicted octanol–water partition coefficient (Wildman–Crippen LogP) is 5.38. The first-order chi connectivity index (χ1) is 20.9. The van der Waals surface area contributed by atoms with Crippen molar-refractivity contribution in [1.29, 1.82) is 0 Å². The zero-order valence-corrected chi connectivity index (χ0v) is 23.9. The van der Waals surface area contributed by atoms with Crippen LogP contribution < -0.4 is 21.0 Å². The summed E-state index contributed by atoms with van der Waals surface area (Å²) < 4.78 is 35.8. The third-order valence-electron chi connectivity index (χ3n) is 7.61. The normalized spacial score (nSPS) is 16.2. The number of ether oxygens (including phenoxy) is 1. The third-order valence-corrected chi connectivity index (χ3v) is 8.98. The van der Waals surface area contributed by atoms with E-state index in [1.165, 1.54) is 10.7 Å². The first-order valence-corrected chi connectivity index (χ1v) is 15.4. The Morgan fingerprint density at radius 3 is 2.65 bits per heavy atom. The molecule has 12 heteroatoms. The summed E-state index contributed by atoms with van der Waals surface area (Å²) in [6.07, 6.45) is 5.79. The molecule has 3 heterocycles. The van der Waals surface area contributed by atoms with Crippen LogP contribution in [-0.2, 0) is 13.2 Å². The highest BCUT2D eigenvalue weighted by molar-refractivity contribution is 8.23. The lowest BCUT2D eigenvalue weighted by Crippen LogP contribution is -2.36. The number of benzene rings is 3. The molecule has 11 nitrogen and oxygen atoms in total. The number of hydrogen-bond donors (Lipinski definition) is 5. The van der Waals surface area contributed by atoms with Crippen LogP contribution in [0.1, 0.15) is 29.8 Å². The molecule has 0 unspecified atom stereocenters. The van der Waals surface area contributed by atoms with Crippen LogP contribution in [0.4, 0.5) is 5.69 Å². The molecule has 2 aromatic heterocycles. The number of imidazole rings is 1. The van der Waals surface area contributed by atoms with Crippen molar-refractivity contribution in [3.05, 3.63) is 112 Å². The van der Waals surface area contributed by atoms with Crippen LogP contribution in [0.15, 0.2) is 99.3 Å². The van der Waals surface area contributed by atoms with Crippen molar-refractivity contribution in [2.24, 2.45) is 10.3 Å². The van der Waals surface area contributed by atoms with Gasteiger partial charge >= 0.3 is 0 Å². The smallest absolute Gasteiger partial charge is 0.284 e. The molecule has 0 amide bonds. The van der Waals surface area contributed by atoms with Crippen LogP contribution >= 0.6 is 10.8 Å². The summed E-state index contributed by atoms with van der Waals surface area (Å²) in [5.41, 5.74) is 4.47. The quantitative estimate of drug-likeness (QED) is 0.152. The number of nitrogens with zero attached hydrogens (tertiary/aromatic N) is 4. The van der Waals surface area contributed by atoms with Gasteiger partial charge in [0, 0.05) is 36.9 Å². The van der Waals surface area contributed by atoms with Crippen molar-refractivity contribution < 1.29 is 18.9 Å². The number of aromatic nitrogens is 3. The highest BCUT2D eigenvalue weighted by atomic mass is 32.3. The minimum Gasteiger partial charge on any atom is -0.506 e. The Labute approximate surface area is 248 Å². The van der Waals surface area contributed by atoms with Gasteiger partial charge in [0.15, 0.2) is 5.84 Å². The zero-order valence-electron chi connectivity index (χ0n) is 23.1. The molecule has 0 atom stereocenters. The summed E-state index contributed by atoms with van der Waals surface area (Å²) in [5, 5.41) is 14.7. The summed E-state index contributed by atoms with van der Waals surface area (Å²) in [4.78, 5) is 18.2. The van der Waals surface area contributed by atoms with E-state index in [4.69, 9.17) is 4.74 Å². The maximum absolute atomic E-state index is 13.7. The van der Waals surface area contributed by atoms with E-state index in [1.54, 1.807) is 42.6 Å². The van der Waals surface area contributed by atoms with E-state index in [2.05, 4.69) is 20.1 Å². The summed E-state index contributed by atoms with van der Waals surface area (Å²) in [6.45, 7) is 1.42. The lowest BCUT2D eigenvalue weighted by Gasteiger charge is -2.34. The number of pyridine rings is 1. The second-order valence-corrected chi connectivity index (χ2v) is 12.3. The van der Waals surface area contributed by atoms with Crippen LogP contribution in [0.5, 0.6) is 11.5 Å². The lowest BCUT2D eigenvalue weighted by atomic mass is 10.1. The van der Waals surface area contributed by atoms with Gasteiger partial charge in [0.2, 0.25) is 0 Å². The maximum Gasteiger partial charge on any atom is 0.284 e. The van der Waals surface area contributed by atoms with Gasteiger partial charge < -0.3 is 25.2 Å². The first kappa shape index (κ1) is 27.1. The molecule has 1 saturated carbocycles. The average molecular weight is 599 g/mol. The molecule has 1 aliphatic heterocycles. The molecule has 0 spiro atoms. The zero-order chi connectivity index (χ0) is 29.6. The van der Waals surface area contributed by atoms with Crippen molar-refractivity contribution in [2.75, 3.05) is 17.3 Å². The topological polar surface area (TPSA) is 146 Å². The number of hydrogen-bond acceptors (Lipinski definition) is 9. The Morgan fingerprint density at radius 2 is 1.84 bits per heavy atom. The molecule has 1 fully saturated rings. The van der Waals surface area contributed by atoms with Gasteiger partial charge in [-0.25, -0.2) is 9.66 Å². The van der Waals surface area contributed by atoms with E-state index in [-0.39, 0.29) is 28.7 Å². The summed E-state index contributed by atoms with van der Waals surface area (Å²) in [5.74, 6) is 1.19. The average Bonchev–Trinajstić information content (AvgIpc) is 3.73. The highest BCUT2D eigenvalue weighted by Gasteiger charge is 2.31. The fraction of sp³-hybridized carbons (Fsp3) is 0.194. The van der Waals surface area contributed by atoms with Gasteiger partial charge in [-0.05, 0) is 48.6 Å². The van der Waals surface area contributed by atoms with Crippen LogP contribution in [0, 0.1) is 5.92 Å². The van der Waals surface area contributed by atoms with Crippen molar-refractivity contribution in [1.82, 2.24) is 14.2 Å². The number of aromatic hydroxyl groups is 1. The van der Waals surface area contributed by atoms with E-state index >= 15 is 0 Å². The number of para-hydroxylation sites is 1. The van der Waals surface area contributed by atoms with Crippen LogP contribution in [-0.4, -0.2) is 40.8 Å². The fourth-order valence-electron chi connectivity index (χ4n) is 5.15. The SMILES string of the molecule is O=c1c(C2=NS(O)(O)c3cc(OCc4nccn4Cc4ccccc4)ccc3N2)c(O)c2ccccc2n1NCC1CC1. The first-order valence-electron chi connectivity index (χ1n) is 13.9. The Hall–Kier alpha value is -4.78. The van der Waals surface area contributed by atoms with Crippen LogP contribution in [0.3, 0.4) is 0 Å². The van der Waals surface area contributed by atoms with Gasteiger partial charge in [0.1, 0.15) is 34.4 Å². The predicted molar refractivity (Wildman–Crippen MR) is 167 cm³/mol. The number of rotatable bonds is 9. The molecule has 5 N–H and O–H groups in total. The molecule has 0 radical (unpaired) electrons. The number of anilines is 1.